The summed E-state index contributed by atoms with van der Waals surface area (Å²) >= 11 is 0. The molecule has 0 aromatic heterocycles. The highest BCUT2D eigenvalue weighted by Gasteiger charge is 2.37. The zero-order valence-corrected chi connectivity index (χ0v) is 19.1. The SMILES string of the molecule is OC1(c2ccc(CN3CCCC3)cc2)CCC(N2CCN(c3ccc(F)cc3)CC2)CC1. The van der Waals surface area contributed by atoms with Crippen LogP contribution in [-0.2, 0) is 12.1 Å². The summed E-state index contributed by atoms with van der Waals surface area (Å²) in [5.74, 6) is -0.177. The van der Waals surface area contributed by atoms with Crippen molar-refractivity contribution < 1.29 is 9.50 Å². The standard InChI is InChI=1S/C27H36FN3O/c28-24-7-9-25(10-8-24)30-17-19-31(20-18-30)26-11-13-27(32,14-12-26)23-5-3-22(4-6-23)21-29-15-1-2-16-29/h3-10,26,32H,1-2,11-21H2. The topological polar surface area (TPSA) is 30.0 Å². The maximum atomic E-state index is 13.2. The van der Waals surface area contributed by atoms with Gasteiger partial charge in [-0.3, -0.25) is 9.80 Å². The highest BCUT2D eigenvalue weighted by Crippen LogP contribution is 2.39. The van der Waals surface area contributed by atoms with Gasteiger partial charge in [0.15, 0.2) is 0 Å². The molecule has 0 spiro atoms. The predicted octanol–water partition coefficient (Wildman–Crippen LogP) is 4.37. The van der Waals surface area contributed by atoms with Crippen LogP contribution in [0, 0.1) is 5.82 Å². The van der Waals surface area contributed by atoms with E-state index >= 15 is 0 Å². The molecule has 2 aromatic rings. The number of likely N-dealkylation sites (tertiary alicyclic amines) is 1. The third-order valence-corrected chi connectivity index (χ3v) is 7.90. The Morgan fingerprint density at radius 1 is 0.812 bits per heavy atom. The number of aliphatic hydroxyl groups is 1. The first-order valence-corrected chi connectivity index (χ1v) is 12.4. The molecule has 2 saturated heterocycles. The van der Waals surface area contributed by atoms with Crippen molar-refractivity contribution in [1.29, 1.82) is 0 Å². The molecular weight excluding hydrogens is 401 g/mol. The van der Waals surface area contributed by atoms with Crippen molar-refractivity contribution in [3.05, 3.63) is 65.5 Å². The van der Waals surface area contributed by atoms with Crippen LogP contribution in [0.2, 0.25) is 0 Å². The molecule has 0 radical (unpaired) electrons. The monoisotopic (exact) mass is 437 g/mol. The van der Waals surface area contributed by atoms with Crippen molar-refractivity contribution in [1.82, 2.24) is 9.80 Å². The molecule has 0 atom stereocenters. The van der Waals surface area contributed by atoms with Crippen LogP contribution in [0.4, 0.5) is 10.1 Å². The molecule has 0 bridgehead atoms. The van der Waals surface area contributed by atoms with Crippen LogP contribution in [0.15, 0.2) is 48.5 Å². The van der Waals surface area contributed by atoms with Gasteiger partial charge in [0.25, 0.3) is 0 Å². The number of benzene rings is 2. The highest BCUT2D eigenvalue weighted by molar-refractivity contribution is 5.46. The molecule has 1 saturated carbocycles. The average molecular weight is 438 g/mol. The summed E-state index contributed by atoms with van der Waals surface area (Å²) in [6.07, 6.45) is 6.40. The van der Waals surface area contributed by atoms with E-state index in [0.29, 0.717) is 6.04 Å². The zero-order valence-electron chi connectivity index (χ0n) is 19.1. The largest absolute Gasteiger partial charge is 0.385 e. The number of hydrogen-bond acceptors (Lipinski definition) is 4. The number of hydrogen-bond donors (Lipinski definition) is 1. The molecule has 2 aromatic carbocycles. The summed E-state index contributed by atoms with van der Waals surface area (Å²) in [4.78, 5) is 7.46. The van der Waals surface area contributed by atoms with Crippen molar-refractivity contribution in [3.63, 3.8) is 0 Å². The van der Waals surface area contributed by atoms with E-state index < -0.39 is 5.60 Å². The molecule has 5 rings (SSSR count). The summed E-state index contributed by atoms with van der Waals surface area (Å²) in [5, 5.41) is 11.4. The number of nitrogens with zero attached hydrogens (tertiary/aromatic N) is 3. The lowest BCUT2D eigenvalue weighted by atomic mass is 9.77. The molecule has 172 valence electrons. The van der Waals surface area contributed by atoms with E-state index in [4.69, 9.17) is 0 Å². The summed E-state index contributed by atoms with van der Waals surface area (Å²) in [6, 6.07) is 16.1. The van der Waals surface area contributed by atoms with E-state index in [1.165, 1.54) is 31.5 Å². The van der Waals surface area contributed by atoms with Crippen molar-refractivity contribution in [2.45, 2.75) is 56.7 Å². The highest BCUT2D eigenvalue weighted by atomic mass is 19.1. The molecule has 2 heterocycles. The van der Waals surface area contributed by atoms with Crippen LogP contribution < -0.4 is 4.90 Å². The normalized spacial score (nSPS) is 27.7. The first-order valence-electron chi connectivity index (χ1n) is 12.4. The van der Waals surface area contributed by atoms with Crippen molar-refractivity contribution in [3.8, 4) is 0 Å². The maximum absolute atomic E-state index is 13.2. The van der Waals surface area contributed by atoms with Crippen molar-refractivity contribution in [2.75, 3.05) is 44.2 Å². The van der Waals surface area contributed by atoms with E-state index in [1.54, 1.807) is 12.1 Å². The van der Waals surface area contributed by atoms with Gasteiger partial charge in [-0.15, -0.1) is 0 Å². The lowest BCUT2D eigenvalue weighted by molar-refractivity contribution is -0.0257. The second-order valence-corrected chi connectivity index (χ2v) is 9.94. The molecule has 1 aliphatic carbocycles. The summed E-state index contributed by atoms with van der Waals surface area (Å²) in [7, 11) is 0. The Kier molecular flexibility index (Phi) is 6.49. The van der Waals surface area contributed by atoms with Crippen LogP contribution in [-0.4, -0.2) is 60.2 Å². The fourth-order valence-electron chi connectivity index (χ4n) is 5.85. The molecule has 5 heteroatoms. The smallest absolute Gasteiger partial charge is 0.123 e. The van der Waals surface area contributed by atoms with E-state index in [-0.39, 0.29) is 5.82 Å². The third kappa shape index (κ3) is 4.85. The number of anilines is 1. The molecule has 1 N–H and O–H groups in total. The Morgan fingerprint density at radius 3 is 2.06 bits per heavy atom. The van der Waals surface area contributed by atoms with Gasteiger partial charge in [-0.25, -0.2) is 4.39 Å². The van der Waals surface area contributed by atoms with Crippen molar-refractivity contribution >= 4 is 5.69 Å². The molecule has 0 amide bonds. The first kappa shape index (κ1) is 21.9. The predicted molar refractivity (Wildman–Crippen MR) is 127 cm³/mol. The molecule has 3 aliphatic rings. The number of piperazine rings is 1. The van der Waals surface area contributed by atoms with Crippen LogP contribution in [0.1, 0.15) is 49.7 Å². The van der Waals surface area contributed by atoms with Gasteiger partial charge >= 0.3 is 0 Å². The van der Waals surface area contributed by atoms with Gasteiger partial charge in [0.2, 0.25) is 0 Å². The van der Waals surface area contributed by atoms with Gasteiger partial charge in [-0.2, -0.15) is 0 Å². The molecule has 3 fully saturated rings. The van der Waals surface area contributed by atoms with E-state index in [2.05, 4.69) is 39.0 Å². The van der Waals surface area contributed by atoms with Gasteiger partial charge in [-0.1, -0.05) is 24.3 Å². The summed E-state index contributed by atoms with van der Waals surface area (Å²) in [6.45, 7) is 7.48. The fourth-order valence-corrected chi connectivity index (χ4v) is 5.85. The Labute approximate surface area is 191 Å². The van der Waals surface area contributed by atoms with Gasteiger partial charge in [-0.05, 0) is 87.0 Å². The minimum Gasteiger partial charge on any atom is -0.385 e. The fraction of sp³-hybridized carbons (Fsp3) is 0.556. The van der Waals surface area contributed by atoms with Crippen LogP contribution in [0.3, 0.4) is 0 Å². The molecule has 32 heavy (non-hydrogen) atoms. The molecule has 4 nitrogen and oxygen atoms in total. The quantitative estimate of drug-likeness (QED) is 0.752. The Bertz CT molecular complexity index is 863. The number of halogens is 1. The lowest BCUT2D eigenvalue weighted by Crippen LogP contribution is -2.52. The van der Waals surface area contributed by atoms with E-state index in [0.717, 1.165) is 69.7 Å². The van der Waals surface area contributed by atoms with Gasteiger partial charge in [0.1, 0.15) is 5.82 Å². The van der Waals surface area contributed by atoms with Crippen LogP contribution in [0.25, 0.3) is 0 Å². The third-order valence-electron chi connectivity index (χ3n) is 7.90. The van der Waals surface area contributed by atoms with Gasteiger partial charge in [0, 0.05) is 44.5 Å². The Morgan fingerprint density at radius 2 is 1.44 bits per heavy atom. The average Bonchev–Trinajstić information content (AvgIpc) is 3.34. The lowest BCUT2D eigenvalue weighted by Gasteiger charge is -2.44. The molecule has 0 unspecified atom stereocenters. The zero-order chi connectivity index (χ0) is 22.0. The second-order valence-electron chi connectivity index (χ2n) is 9.94. The number of rotatable bonds is 5. The molecule has 2 aliphatic heterocycles. The summed E-state index contributed by atoms with van der Waals surface area (Å²) < 4.78 is 13.2. The van der Waals surface area contributed by atoms with Gasteiger partial charge in [0.05, 0.1) is 5.60 Å². The minimum atomic E-state index is -0.682. The Balaban J connectivity index is 1.12. The van der Waals surface area contributed by atoms with Crippen LogP contribution in [0.5, 0.6) is 0 Å². The molecular formula is C27H36FN3O. The van der Waals surface area contributed by atoms with Gasteiger partial charge < -0.3 is 10.0 Å². The van der Waals surface area contributed by atoms with E-state index in [1.807, 2.05) is 12.1 Å². The Hall–Kier alpha value is -1.95. The maximum Gasteiger partial charge on any atom is 0.123 e. The van der Waals surface area contributed by atoms with E-state index in [9.17, 15) is 9.50 Å². The van der Waals surface area contributed by atoms with Crippen LogP contribution >= 0.6 is 0 Å². The summed E-state index contributed by atoms with van der Waals surface area (Å²) in [5.41, 5.74) is 2.87. The minimum absolute atomic E-state index is 0.177. The second kappa shape index (κ2) is 9.50. The first-order chi connectivity index (χ1) is 15.6. The van der Waals surface area contributed by atoms with Crippen molar-refractivity contribution in [2.24, 2.45) is 0 Å².